The van der Waals surface area contributed by atoms with Gasteiger partial charge in [0.1, 0.15) is 0 Å². The summed E-state index contributed by atoms with van der Waals surface area (Å²) in [4.78, 5) is 0. The Bertz CT molecular complexity index is 124. The van der Waals surface area contributed by atoms with E-state index in [0.717, 1.165) is 17.8 Å². The van der Waals surface area contributed by atoms with E-state index in [1.54, 1.807) is 0 Å². The van der Waals surface area contributed by atoms with Crippen molar-refractivity contribution in [2.45, 2.75) is 79.6 Å². The first kappa shape index (κ1) is 15.0. The van der Waals surface area contributed by atoms with Crippen molar-refractivity contribution in [2.24, 2.45) is 17.8 Å². The van der Waals surface area contributed by atoms with Crippen molar-refractivity contribution >= 4 is 0 Å². The molecule has 0 nitrogen and oxygen atoms in total. The molecule has 0 aromatic rings. The van der Waals surface area contributed by atoms with E-state index >= 15 is 0 Å². The van der Waals surface area contributed by atoms with Crippen LogP contribution in [0.2, 0.25) is 0 Å². The summed E-state index contributed by atoms with van der Waals surface area (Å²) >= 11 is 0. The fraction of sp³-hybridized carbons (Fsp3) is 1.00. The van der Waals surface area contributed by atoms with Gasteiger partial charge in [-0.25, -0.2) is 0 Å². The van der Waals surface area contributed by atoms with Crippen molar-refractivity contribution < 1.29 is 0 Å². The minimum Gasteiger partial charge on any atom is -0.0654 e. The van der Waals surface area contributed by atoms with Crippen molar-refractivity contribution in [3.63, 3.8) is 0 Å². The highest BCUT2D eigenvalue weighted by Crippen LogP contribution is 2.28. The van der Waals surface area contributed by atoms with Crippen LogP contribution < -0.4 is 0 Å². The van der Waals surface area contributed by atoms with Crippen molar-refractivity contribution in [1.82, 2.24) is 0 Å². The highest BCUT2D eigenvalue weighted by molar-refractivity contribution is 4.68. The van der Waals surface area contributed by atoms with Gasteiger partial charge in [-0.2, -0.15) is 0 Å². The summed E-state index contributed by atoms with van der Waals surface area (Å²) in [7, 11) is 0. The van der Waals surface area contributed by atoms with Gasteiger partial charge in [0.05, 0.1) is 0 Å². The Morgan fingerprint density at radius 2 is 1.20 bits per heavy atom. The average molecular weight is 212 g/mol. The number of hydrogen-bond donors (Lipinski definition) is 0. The van der Waals surface area contributed by atoms with E-state index in [4.69, 9.17) is 0 Å². The summed E-state index contributed by atoms with van der Waals surface area (Å²) in [6, 6.07) is 0. The third-order valence-electron chi connectivity index (χ3n) is 4.05. The van der Waals surface area contributed by atoms with Gasteiger partial charge >= 0.3 is 0 Å². The Kier molecular flexibility index (Phi) is 9.24. The fourth-order valence-corrected chi connectivity index (χ4v) is 2.86. The third kappa shape index (κ3) is 6.22. The molecule has 0 saturated heterocycles. The van der Waals surface area contributed by atoms with Gasteiger partial charge in [-0.15, -0.1) is 0 Å². The molecule has 0 spiro atoms. The molecular weight excluding hydrogens is 180 g/mol. The Morgan fingerprint density at radius 1 is 0.667 bits per heavy atom. The lowest BCUT2D eigenvalue weighted by Crippen LogP contribution is -2.13. The smallest absolute Gasteiger partial charge is 0.0389 e. The lowest BCUT2D eigenvalue weighted by Gasteiger charge is -2.25. The highest BCUT2D eigenvalue weighted by atomic mass is 14.2. The Hall–Kier alpha value is 0. The maximum atomic E-state index is 2.42. The molecule has 2 atom stereocenters. The Balaban J connectivity index is 3.87. The molecule has 0 saturated carbocycles. The molecule has 0 aromatic heterocycles. The molecule has 0 fully saturated rings. The van der Waals surface area contributed by atoms with Crippen molar-refractivity contribution in [3.8, 4) is 0 Å². The maximum absolute atomic E-state index is 2.42. The second-order valence-electron chi connectivity index (χ2n) is 5.22. The first-order valence-corrected chi connectivity index (χ1v) is 7.19. The van der Waals surface area contributed by atoms with Crippen LogP contribution in [-0.2, 0) is 0 Å². The molecule has 0 bridgehead atoms. The third-order valence-corrected chi connectivity index (χ3v) is 4.05. The molecule has 0 aliphatic rings. The van der Waals surface area contributed by atoms with Gasteiger partial charge in [-0.05, 0) is 24.2 Å². The van der Waals surface area contributed by atoms with Crippen molar-refractivity contribution in [3.05, 3.63) is 0 Å². The molecule has 0 N–H and O–H groups in total. The standard InChI is InChI=1S/C15H32/c1-6-10-13(5)11-12-15(9-4)14(7-2)8-3/h13-15H,6-12H2,1-5H3. The van der Waals surface area contributed by atoms with Gasteiger partial charge in [0.25, 0.3) is 0 Å². The lowest BCUT2D eigenvalue weighted by molar-refractivity contribution is 0.264. The van der Waals surface area contributed by atoms with Gasteiger partial charge in [0.2, 0.25) is 0 Å². The van der Waals surface area contributed by atoms with E-state index in [1.807, 2.05) is 0 Å². The fourth-order valence-electron chi connectivity index (χ4n) is 2.86. The molecule has 0 aliphatic carbocycles. The molecule has 0 radical (unpaired) electrons. The van der Waals surface area contributed by atoms with Crippen LogP contribution in [-0.4, -0.2) is 0 Å². The van der Waals surface area contributed by atoms with Crippen LogP contribution in [0.5, 0.6) is 0 Å². The second-order valence-corrected chi connectivity index (χ2v) is 5.22. The van der Waals surface area contributed by atoms with Crippen LogP contribution in [0.25, 0.3) is 0 Å². The first-order chi connectivity index (χ1) is 7.19. The molecule has 0 aromatic carbocycles. The molecular formula is C15H32. The van der Waals surface area contributed by atoms with E-state index in [-0.39, 0.29) is 0 Å². The predicted octanol–water partition coefficient (Wildman–Crippen LogP) is 5.67. The molecule has 0 amide bonds. The zero-order valence-corrected chi connectivity index (χ0v) is 11.7. The zero-order chi connectivity index (χ0) is 11.7. The number of rotatable bonds is 9. The topological polar surface area (TPSA) is 0 Å². The Morgan fingerprint density at radius 3 is 1.60 bits per heavy atom. The minimum absolute atomic E-state index is 0.943. The normalized spacial score (nSPS) is 15.6. The predicted molar refractivity (Wildman–Crippen MR) is 71.2 cm³/mol. The van der Waals surface area contributed by atoms with Gasteiger partial charge in [-0.1, -0.05) is 73.1 Å². The second kappa shape index (κ2) is 9.24. The van der Waals surface area contributed by atoms with Crippen LogP contribution in [0.1, 0.15) is 79.6 Å². The van der Waals surface area contributed by atoms with Gasteiger partial charge < -0.3 is 0 Å². The molecule has 0 rings (SSSR count). The van der Waals surface area contributed by atoms with Crippen LogP contribution in [0.3, 0.4) is 0 Å². The van der Waals surface area contributed by atoms with E-state index in [0.29, 0.717) is 0 Å². The minimum atomic E-state index is 0.943. The quantitative estimate of drug-likeness (QED) is 0.462. The molecule has 0 aliphatic heterocycles. The lowest BCUT2D eigenvalue weighted by atomic mass is 9.81. The SMILES string of the molecule is CCCC(C)CCC(CC)C(CC)CC. The average Bonchev–Trinajstić information content (AvgIpc) is 2.24. The monoisotopic (exact) mass is 212 g/mol. The van der Waals surface area contributed by atoms with E-state index in [2.05, 4.69) is 34.6 Å². The van der Waals surface area contributed by atoms with Crippen LogP contribution in [0, 0.1) is 17.8 Å². The van der Waals surface area contributed by atoms with Crippen molar-refractivity contribution in [1.29, 1.82) is 0 Å². The van der Waals surface area contributed by atoms with Crippen LogP contribution in [0.4, 0.5) is 0 Å². The van der Waals surface area contributed by atoms with Gasteiger partial charge in [-0.3, -0.25) is 0 Å². The summed E-state index contributed by atoms with van der Waals surface area (Å²) in [6.07, 6.45) is 9.80. The maximum Gasteiger partial charge on any atom is -0.0389 e. The summed E-state index contributed by atoms with van der Waals surface area (Å²) in [5, 5.41) is 0. The molecule has 92 valence electrons. The largest absolute Gasteiger partial charge is 0.0654 e. The molecule has 15 heavy (non-hydrogen) atoms. The molecule has 0 heteroatoms. The Labute approximate surface area is 97.8 Å². The van der Waals surface area contributed by atoms with Crippen molar-refractivity contribution in [2.75, 3.05) is 0 Å². The van der Waals surface area contributed by atoms with E-state index < -0.39 is 0 Å². The first-order valence-electron chi connectivity index (χ1n) is 7.19. The van der Waals surface area contributed by atoms with E-state index in [1.165, 1.54) is 44.9 Å². The summed E-state index contributed by atoms with van der Waals surface area (Å²) in [6.45, 7) is 11.8. The zero-order valence-electron chi connectivity index (χ0n) is 11.7. The summed E-state index contributed by atoms with van der Waals surface area (Å²) in [5.74, 6) is 2.90. The van der Waals surface area contributed by atoms with Crippen LogP contribution in [0.15, 0.2) is 0 Å². The summed E-state index contributed by atoms with van der Waals surface area (Å²) < 4.78 is 0. The van der Waals surface area contributed by atoms with Crippen LogP contribution >= 0.6 is 0 Å². The van der Waals surface area contributed by atoms with E-state index in [9.17, 15) is 0 Å². The molecule has 2 unspecified atom stereocenters. The highest BCUT2D eigenvalue weighted by Gasteiger charge is 2.17. The van der Waals surface area contributed by atoms with Gasteiger partial charge in [0.15, 0.2) is 0 Å². The molecule has 0 heterocycles. The van der Waals surface area contributed by atoms with Gasteiger partial charge in [0, 0.05) is 0 Å². The summed E-state index contributed by atoms with van der Waals surface area (Å²) in [5.41, 5.74) is 0. The number of hydrogen-bond acceptors (Lipinski definition) is 0.